The van der Waals surface area contributed by atoms with Crippen molar-refractivity contribution in [1.82, 2.24) is 5.32 Å². The second-order valence-electron chi connectivity index (χ2n) is 3.95. The van der Waals surface area contributed by atoms with Crippen LogP contribution in [-0.4, -0.2) is 18.9 Å². The lowest BCUT2D eigenvalue weighted by Crippen LogP contribution is -2.31. The maximum absolute atomic E-state index is 11.9. The minimum absolute atomic E-state index is 0.190. The van der Waals surface area contributed by atoms with Crippen molar-refractivity contribution in [3.8, 4) is 0 Å². The Morgan fingerprint density at radius 2 is 2.53 bits per heavy atom. The van der Waals surface area contributed by atoms with Crippen LogP contribution in [0.15, 0.2) is 11.4 Å². The van der Waals surface area contributed by atoms with E-state index in [9.17, 15) is 4.79 Å². The number of hydrogen-bond acceptors (Lipinski definition) is 3. The fourth-order valence-electron chi connectivity index (χ4n) is 1.96. The van der Waals surface area contributed by atoms with Crippen molar-refractivity contribution in [2.45, 2.75) is 19.3 Å². The van der Waals surface area contributed by atoms with E-state index in [2.05, 4.69) is 5.32 Å². The fourth-order valence-corrected chi connectivity index (χ4v) is 2.92. The molecule has 2 rings (SSSR count). The summed E-state index contributed by atoms with van der Waals surface area (Å²) in [6.45, 7) is 2.05. The van der Waals surface area contributed by atoms with Crippen LogP contribution in [0.5, 0.6) is 0 Å². The van der Waals surface area contributed by atoms with Crippen LogP contribution in [0.3, 0.4) is 0 Å². The zero-order valence-corrected chi connectivity index (χ0v) is 10.0. The van der Waals surface area contributed by atoms with Crippen LogP contribution in [0.1, 0.15) is 29.6 Å². The first-order chi connectivity index (χ1) is 7.27. The number of hydrogen-bond donors (Lipinski definition) is 1. The molecular weight excluding hydrogens is 230 g/mol. The lowest BCUT2D eigenvalue weighted by atomic mass is 9.93. The Balaban J connectivity index is 1.94. The molecule has 1 aromatic heterocycles. The maximum atomic E-state index is 11.9. The van der Waals surface area contributed by atoms with Gasteiger partial charge in [-0.15, -0.1) is 11.3 Å². The minimum atomic E-state index is 0.190. The largest absolute Gasteiger partial charge is 0.316 e. The van der Waals surface area contributed by atoms with E-state index in [1.54, 1.807) is 0 Å². The number of carbonyl (C=O) groups excluding carboxylic acids is 1. The van der Waals surface area contributed by atoms with Crippen molar-refractivity contribution in [2.75, 3.05) is 13.1 Å². The quantitative estimate of drug-likeness (QED) is 0.827. The molecule has 1 saturated heterocycles. The SMILES string of the molecule is O=C(CC1CCCNC1)c1ccsc1Cl. The molecule has 0 radical (unpaired) electrons. The third-order valence-electron chi connectivity index (χ3n) is 2.79. The maximum Gasteiger partial charge on any atom is 0.165 e. The van der Waals surface area contributed by atoms with Crippen LogP contribution in [0.2, 0.25) is 4.34 Å². The van der Waals surface area contributed by atoms with Crippen molar-refractivity contribution in [1.29, 1.82) is 0 Å². The first-order valence-corrected chi connectivity index (χ1v) is 6.50. The molecule has 0 amide bonds. The number of nitrogens with one attached hydrogen (secondary N) is 1. The van der Waals surface area contributed by atoms with Crippen molar-refractivity contribution in [2.24, 2.45) is 5.92 Å². The standard InChI is InChI=1S/C11H14ClNOS/c12-11-9(3-5-15-11)10(14)6-8-2-1-4-13-7-8/h3,5,8,13H,1-2,4,6-7H2. The topological polar surface area (TPSA) is 29.1 Å². The molecule has 0 spiro atoms. The predicted molar refractivity (Wildman–Crippen MR) is 63.9 cm³/mol. The second-order valence-corrected chi connectivity index (χ2v) is 5.47. The summed E-state index contributed by atoms with van der Waals surface area (Å²) in [6, 6.07) is 1.82. The summed E-state index contributed by atoms with van der Waals surface area (Å²) in [7, 11) is 0. The highest BCUT2D eigenvalue weighted by molar-refractivity contribution is 7.14. The molecule has 2 nitrogen and oxygen atoms in total. The molecule has 1 N–H and O–H groups in total. The summed E-state index contributed by atoms with van der Waals surface area (Å²) in [5.74, 6) is 0.678. The Morgan fingerprint density at radius 3 is 3.13 bits per heavy atom. The normalized spacial score (nSPS) is 21.5. The number of halogens is 1. The Kier molecular flexibility index (Phi) is 3.78. The zero-order chi connectivity index (χ0) is 10.7. The molecule has 1 aliphatic heterocycles. The smallest absolute Gasteiger partial charge is 0.165 e. The summed E-state index contributed by atoms with van der Waals surface area (Å²) in [5.41, 5.74) is 0.701. The van der Waals surface area contributed by atoms with E-state index >= 15 is 0 Å². The molecular formula is C11H14ClNOS. The first kappa shape index (κ1) is 11.1. The number of thiophene rings is 1. The summed E-state index contributed by atoms with van der Waals surface area (Å²) in [5, 5.41) is 5.19. The van der Waals surface area contributed by atoms with E-state index in [4.69, 9.17) is 11.6 Å². The predicted octanol–water partition coefficient (Wildman–Crippen LogP) is 2.97. The van der Waals surface area contributed by atoms with Gasteiger partial charge in [0.25, 0.3) is 0 Å². The average molecular weight is 244 g/mol. The number of Topliss-reactive ketones (excluding diaryl/α,β-unsaturated/α-hetero) is 1. The van der Waals surface area contributed by atoms with Gasteiger partial charge < -0.3 is 5.32 Å². The molecule has 1 aromatic rings. The van der Waals surface area contributed by atoms with Crippen LogP contribution in [0.4, 0.5) is 0 Å². The van der Waals surface area contributed by atoms with Gasteiger partial charge in [0.15, 0.2) is 5.78 Å². The summed E-state index contributed by atoms with van der Waals surface area (Å²) < 4.78 is 0.628. The molecule has 15 heavy (non-hydrogen) atoms. The average Bonchev–Trinajstić information content (AvgIpc) is 2.66. The van der Waals surface area contributed by atoms with Gasteiger partial charge in [0.1, 0.15) is 4.34 Å². The molecule has 0 aromatic carbocycles. The second kappa shape index (κ2) is 5.10. The van der Waals surface area contributed by atoms with Gasteiger partial charge in [-0.1, -0.05) is 11.6 Å². The lowest BCUT2D eigenvalue weighted by Gasteiger charge is -2.21. The Bertz CT molecular complexity index is 344. The minimum Gasteiger partial charge on any atom is -0.316 e. The van der Waals surface area contributed by atoms with Crippen molar-refractivity contribution < 1.29 is 4.79 Å². The summed E-state index contributed by atoms with van der Waals surface area (Å²) in [6.07, 6.45) is 2.96. The van der Waals surface area contributed by atoms with Crippen LogP contribution >= 0.6 is 22.9 Å². The van der Waals surface area contributed by atoms with Gasteiger partial charge in [0.2, 0.25) is 0 Å². The lowest BCUT2D eigenvalue weighted by molar-refractivity contribution is 0.0954. The Morgan fingerprint density at radius 1 is 1.67 bits per heavy atom. The van der Waals surface area contributed by atoms with Gasteiger partial charge in [0.05, 0.1) is 0 Å². The molecule has 1 aliphatic rings. The molecule has 1 fully saturated rings. The third kappa shape index (κ3) is 2.80. The van der Waals surface area contributed by atoms with E-state index in [1.165, 1.54) is 17.8 Å². The van der Waals surface area contributed by atoms with Crippen LogP contribution in [0.25, 0.3) is 0 Å². The van der Waals surface area contributed by atoms with E-state index in [0.717, 1.165) is 19.5 Å². The van der Waals surface area contributed by atoms with Crippen molar-refractivity contribution in [3.05, 3.63) is 21.3 Å². The summed E-state index contributed by atoms with van der Waals surface area (Å²) in [4.78, 5) is 11.9. The van der Waals surface area contributed by atoms with Crippen molar-refractivity contribution in [3.63, 3.8) is 0 Å². The van der Waals surface area contributed by atoms with Gasteiger partial charge in [-0.2, -0.15) is 0 Å². The van der Waals surface area contributed by atoms with Gasteiger partial charge >= 0.3 is 0 Å². The van der Waals surface area contributed by atoms with Crippen LogP contribution in [-0.2, 0) is 0 Å². The van der Waals surface area contributed by atoms with E-state index in [1.807, 2.05) is 11.4 Å². The molecule has 82 valence electrons. The molecule has 0 saturated carbocycles. The molecule has 0 bridgehead atoms. The Hall–Kier alpha value is -0.380. The zero-order valence-electron chi connectivity index (χ0n) is 8.46. The fraction of sp³-hybridized carbons (Fsp3) is 0.545. The Labute approximate surface area is 98.6 Å². The van der Waals surface area contributed by atoms with Gasteiger partial charge in [-0.3, -0.25) is 4.79 Å². The number of piperidine rings is 1. The van der Waals surface area contributed by atoms with Gasteiger partial charge in [-0.25, -0.2) is 0 Å². The first-order valence-electron chi connectivity index (χ1n) is 5.24. The molecule has 1 unspecified atom stereocenters. The molecule has 0 aliphatic carbocycles. The number of ketones is 1. The van der Waals surface area contributed by atoms with Crippen molar-refractivity contribution >= 4 is 28.7 Å². The summed E-state index contributed by atoms with van der Waals surface area (Å²) >= 11 is 7.36. The van der Waals surface area contributed by atoms with E-state index in [0.29, 0.717) is 22.2 Å². The monoisotopic (exact) mass is 243 g/mol. The van der Waals surface area contributed by atoms with E-state index < -0.39 is 0 Å². The van der Waals surface area contributed by atoms with Gasteiger partial charge in [0, 0.05) is 12.0 Å². The highest BCUT2D eigenvalue weighted by Crippen LogP contribution is 2.26. The van der Waals surface area contributed by atoms with Crippen LogP contribution < -0.4 is 5.32 Å². The third-order valence-corrected chi connectivity index (χ3v) is 3.96. The van der Waals surface area contributed by atoms with E-state index in [-0.39, 0.29) is 5.78 Å². The molecule has 1 atom stereocenters. The highest BCUT2D eigenvalue weighted by Gasteiger charge is 2.19. The molecule has 2 heterocycles. The number of rotatable bonds is 3. The van der Waals surface area contributed by atoms with Crippen LogP contribution in [0, 0.1) is 5.92 Å². The highest BCUT2D eigenvalue weighted by atomic mass is 35.5. The van der Waals surface area contributed by atoms with Gasteiger partial charge in [-0.05, 0) is 43.3 Å². The molecule has 4 heteroatoms. The number of carbonyl (C=O) groups is 1.